The zero-order valence-electron chi connectivity index (χ0n) is 10.3. The van der Waals surface area contributed by atoms with E-state index < -0.39 is 16.0 Å². The maximum atomic E-state index is 11.8. The quantitative estimate of drug-likeness (QED) is 0.691. The number of hydrogen-bond acceptors (Lipinski definition) is 3. The van der Waals surface area contributed by atoms with Crippen molar-refractivity contribution in [3.05, 3.63) is 18.5 Å². The molecule has 0 aliphatic rings. The first-order chi connectivity index (χ1) is 8.42. The highest BCUT2D eigenvalue weighted by molar-refractivity contribution is 7.89. The predicted molar refractivity (Wildman–Crippen MR) is 66.7 cm³/mol. The van der Waals surface area contributed by atoms with Gasteiger partial charge in [-0.1, -0.05) is 6.42 Å². The summed E-state index contributed by atoms with van der Waals surface area (Å²) >= 11 is 0. The van der Waals surface area contributed by atoms with Gasteiger partial charge in [-0.25, -0.2) is 13.1 Å². The number of sulfonamides is 1. The summed E-state index contributed by atoms with van der Waals surface area (Å²) in [5.41, 5.74) is 0. The van der Waals surface area contributed by atoms with Crippen LogP contribution in [-0.4, -0.2) is 30.6 Å². The molecule has 0 amide bonds. The maximum Gasteiger partial charge on any atom is 0.303 e. The topological polar surface area (TPSA) is 88.4 Å². The number of aliphatic carboxylic acids is 1. The minimum absolute atomic E-state index is 0.130. The van der Waals surface area contributed by atoms with Crippen LogP contribution >= 0.6 is 0 Å². The fourth-order valence-corrected chi connectivity index (χ4v) is 2.63. The molecule has 0 spiro atoms. The number of carboxylic acid groups (broad SMARTS) is 1. The highest BCUT2D eigenvalue weighted by Gasteiger charge is 2.13. The molecule has 7 heteroatoms. The van der Waals surface area contributed by atoms with Gasteiger partial charge in [-0.3, -0.25) is 4.79 Å². The summed E-state index contributed by atoms with van der Waals surface area (Å²) in [6.45, 7) is 0.330. The Labute approximate surface area is 107 Å². The summed E-state index contributed by atoms with van der Waals surface area (Å²) < 4.78 is 27.7. The fraction of sp³-hybridized carbons (Fsp3) is 0.545. The largest absolute Gasteiger partial charge is 0.481 e. The van der Waals surface area contributed by atoms with E-state index in [9.17, 15) is 13.2 Å². The minimum atomic E-state index is -3.43. The van der Waals surface area contributed by atoms with Crippen LogP contribution in [0.15, 0.2) is 23.4 Å². The van der Waals surface area contributed by atoms with E-state index in [0.717, 1.165) is 0 Å². The Morgan fingerprint density at radius 2 is 2.11 bits per heavy atom. The maximum absolute atomic E-state index is 11.8. The summed E-state index contributed by atoms with van der Waals surface area (Å²) in [5, 5.41) is 8.44. The lowest BCUT2D eigenvalue weighted by atomic mass is 10.2. The summed E-state index contributed by atoms with van der Waals surface area (Å²) in [5.74, 6) is -0.820. The van der Waals surface area contributed by atoms with Crippen LogP contribution in [0.4, 0.5) is 0 Å². The number of unbranched alkanes of at least 4 members (excludes halogenated alkanes) is 2. The molecule has 0 aliphatic heterocycles. The van der Waals surface area contributed by atoms with Crippen LogP contribution in [0.3, 0.4) is 0 Å². The fourth-order valence-electron chi connectivity index (χ4n) is 1.50. The molecule has 0 fully saturated rings. The molecule has 1 aromatic rings. The molecular formula is C11H18N2O4S. The Hall–Kier alpha value is -1.34. The molecule has 0 saturated heterocycles. The molecule has 6 nitrogen and oxygen atoms in total. The van der Waals surface area contributed by atoms with Gasteiger partial charge in [0.15, 0.2) is 0 Å². The number of rotatable bonds is 8. The molecule has 0 aliphatic carbocycles. The van der Waals surface area contributed by atoms with Crippen molar-refractivity contribution in [2.75, 3.05) is 6.54 Å². The third-order valence-corrected chi connectivity index (χ3v) is 3.92. The molecule has 2 N–H and O–H groups in total. The Morgan fingerprint density at radius 3 is 2.67 bits per heavy atom. The van der Waals surface area contributed by atoms with Crippen LogP contribution in [0.25, 0.3) is 0 Å². The lowest BCUT2D eigenvalue weighted by Gasteiger charge is -2.04. The lowest BCUT2D eigenvalue weighted by molar-refractivity contribution is -0.137. The molecule has 0 saturated carbocycles. The molecule has 18 heavy (non-hydrogen) atoms. The first-order valence-electron chi connectivity index (χ1n) is 5.75. The van der Waals surface area contributed by atoms with E-state index in [1.807, 2.05) is 0 Å². The SMILES string of the molecule is Cn1ccc(S(=O)(=O)NCCCCCC(=O)O)c1. The summed E-state index contributed by atoms with van der Waals surface area (Å²) in [6, 6.07) is 1.53. The highest BCUT2D eigenvalue weighted by atomic mass is 32.2. The van der Waals surface area contributed by atoms with Crippen molar-refractivity contribution in [3.8, 4) is 0 Å². The van der Waals surface area contributed by atoms with Gasteiger partial charge in [0.05, 0.1) is 4.90 Å². The Balaban J connectivity index is 2.28. The predicted octanol–water partition coefficient (Wildman–Crippen LogP) is 0.948. The van der Waals surface area contributed by atoms with E-state index in [1.165, 1.54) is 12.3 Å². The number of nitrogens with zero attached hydrogens (tertiary/aromatic N) is 1. The van der Waals surface area contributed by atoms with Crippen molar-refractivity contribution in [2.45, 2.75) is 30.6 Å². The monoisotopic (exact) mass is 274 g/mol. The molecule has 1 rings (SSSR count). The summed E-state index contributed by atoms with van der Waals surface area (Å²) in [7, 11) is -1.68. The van der Waals surface area contributed by atoms with Gasteiger partial charge in [0, 0.05) is 32.4 Å². The summed E-state index contributed by atoms with van der Waals surface area (Å²) in [6.07, 6.45) is 5.24. The number of aryl methyl sites for hydroxylation is 1. The first-order valence-corrected chi connectivity index (χ1v) is 7.23. The van der Waals surface area contributed by atoms with Gasteiger partial charge in [0.25, 0.3) is 0 Å². The van der Waals surface area contributed by atoms with E-state index in [2.05, 4.69) is 4.72 Å². The van der Waals surface area contributed by atoms with Crippen LogP contribution in [0.2, 0.25) is 0 Å². The number of carboxylic acids is 1. The molecule has 0 aromatic carbocycles. The van der Waals surface area contributed by atoms with E-state index >= 15 is 0 Å². The lowest BCUT2D eigenvalue weighted by Crippen LogP contribution is -2.24. The van der Waals surface area contributed by atoms with Crippen molar-refractivity contribution in [1.82, 2.24) is 9.29 Å². The average Bonchev–Trinajstić information content (AvgIpc) is 2.70. The van der Waals surface area contributed by atoms with Gasteiger partial charge in [0.2, 0.25) is 10.0 Å². The second-order valence-corrected chi connectivity index (χ2v) is 5.88. The summed E-state index contributed by atoms with van der Waals surface area (Å²) in [4.78, 5) is 10.5. The molecule has 102 valence electrons. The van der Waals surface area contributed by atoms with Crippen LogP contribution in [0.5, 0.6) is 0 Å². The van der Waals surface area contributed by atoms with Crippen LogP contribution in [-0.2, 0) is 21.9 Å². The van der Waals surface area contributed by atoms with Crippen molar-refractivity contribution in [2.24, 2.45) is 7.05 Å². The van der Waals surface area contributed by atoms with Crippen molar-refractivity contribution < 1.29 is 18.3 Å². The van der Waals surface area contributed by atoms with Gasteiger partial charge in [-0.15, -0.1) is 0 Å². The van der Waals surface area contributed by atoms with E-state index in [-0.39, 0.29) is 11.3 Å². The Kier molecular flexibility index (Phi) is 5.36. The van der Waals surface area contributed by atoms with Crippen LogP contribution < -0.4 is 4.72 Å². The Bertz CT molecular complexity index is 493. The average molecular weight is 274 g/mol. The molecule has 1 heterocycles. The first kappa shape index (κ1) is 14.7. The van der Waals surface area contributed by atoms with E-state index in [0.29, 0.717) is 25.8 Å². The second kappa shape index (κ2) is 6.55. The van der Waals surface area contributed by atoms with Crippen LogP contribution in [0, 0.1) is 0 Å². The smallest absolute Gasteiger partial charge is 0.303 e. The highest BCUT2D eigenvalue weighted by Crippen LogP contribution is 2.08. The standard InChI is InChI=1S/C11H18N2O4S/c1-13-8-6-10(9-13)18(16,17)12-7-4-2-3-5-11(14)15/h6,8-9,12H,2-5,7H2,1H3,(H,14,15). The second-order valence-electron chi connectivity index (χ2n) is 4.11. The van der Waals surface area contributed by atoms with Crippen molar-refractivity contribution >= 4 is 16.0 Å². The van der Waals surface area contributed by atoms with E-state index in [4.69, 9.17) is 5.11 Å². The number of aromatic nitrogens is 1. The van der Waals surface area contributed by atoms with Crippen LogP contribution in [0.1, 0.15) is 25.7 Å². The van der Waals surface area contributed by atoms with Crippen molar-refractivity contribution in [3.63, 3.8) is 0 Å². The molecule has 0 bridgehead atoms. The van der Waals surface area contributed by atoms with Gasteiger partial charge >= 0.3 is 5.97 Å². The van der Waals surface area contributed by atoms with Gasteiger partial charge < -0.3 is 9.67 Å². The zero-order valence-corrected chi connectivity index (χ0v) is 11.1. The molecule has 0 unspecified atom stereocenters. The third kappa shape index (κ3) is 4.89. The molecular weight excluding hydrogens is 256 g/mol. The molecule has 0 atom stereocenters. The van der Waals surface area contributed by atoms with Gasteiger partial charge in [-0.05, 0) is 18.9 Å². The molecule has 1 aromatic heterocycles. The van der Waals surface area contributed by atoms with Crippen molar-refractivity contribution in [1.29, 1.82) is 0 Å². The minimum Gasteiger partial charge on any atom is -0.481 e. The van der Waals surface area contributed by atoms with Gasteiger partial charge in [-0.2, -0.15) is 0 Å². The molecule has 0 radical (unpaired) electrons. The number of hydrogen-bond donors (Lipinski definition) is 2. The van der Waals surface area contributed by atoms with Gasteiger partial charge in [0.1, 0.15) is 0 Å². The Morgan fingerprint density at radius 1 is 1.39 bits per heavy atom. The normalized spacial score (nSPS) is 11.6. The zero-order chi connectivity index (χ0) is 13.6. The number of carbonyl (C=O) groups is 1. The third-order valence-electron chi connectivity index (χ3n) is 2.47. The number of nitrogens with one attached hydrogen (secondary N) is 1. The van der Waals surface area contributed by atoms with E-state index in [1.54, 1.807) is 17.8 Å².